The molecule has 0 aliphatic carbocycles. The zero-order valence-corrected chi connectivity index (χ0v) is 8.02. The third-order valence-electron chi connectivity index (χ3n) is 2.11. The van der Waals surface area contributed by atoms with E-state index in [1.165, 1.54) is 0 Å². The predicted molar refractivity (Wildman–Crippen MR) is 47.6 cm³/mol. The molecule has 0 radical (unpaired) electrons. The number of hydrogen-bond acceptors (Lipinski definition) is 3. The zero-order chi connectivity index (χ0) is 10.1. The molecular formula is C9H13N3O. The summed E-state index contributed by atoms with van der Waals surface area (Å²) in [6, 6.07) is 3.78. The Bertz CT molecular complexity index is 335. The Hall–Kier alpha value is -1.34. The second-order valence-corrected chi connectivity index (χ2v) is 3.62. The smallest absolute Gasteiger partial charge is 0.114 e. The van der Waals surface area contributed by atoms with Crippen LogP contribution < -0.4 is 0 Å². The molecule has 0 aliphatic heterocycles. The monoisotopic (exact) mass is 179 g/mol. The van der Waals surface area contributed by atoms with E-state index in [-0.39, 0.29) is 0 Å². The van der Waals surface area contributed by atoms with Crippen LogP contribution in [0, 0.1) is 16.7 Å². The third-order valence-corrected chi connectivity index (χ3v) is 2.11. The van der Waals surface area contributed by atoms with Crippen LogP contribution in [0.4, 0.5) is 0 Å². The summed E-state index contributed by atoms with van der Waals surface area (Å²) in [7, 11) is 1.74. The van der Waals surface area contributed by atoms with Crippen LogP contribution in [0.1, 0.15) is 25.6 Å². The summed E-state index contributed by atoms with van der Waals surface area (Å²) in [6.07, 6.45) is 0.802. The molecule has 13 heavy (non-hydrogen) atoms. The van der Waals surface area contributed by atoms with Crippen molar-refractivity contribution in [3.8, 4) is 6.07 Å². The number of rotatable bonds is 2. The molecule has 1 atom stereocenters. The van der Waals surface area contributed by atoms with Crippen molar-refractivity contribution >= 4 is 0 Å². The van der Waals surface area contributed by atoms with Crippen LogP contribution in [-0.2, 0) is 7.05 Å². The van der Waals surface area contributed by atoms with Crippen LogP contribution in [0.2, 0.25) is 0 Å². The third kappa shape index (κ3) is 1.70. The van der Waals surface area contributed by atoms with Gasteiger partial charge < -0.3 is 5.11 Å². The molecule has 1 rings (SSSR count). The molecule has 1 N–H and O–H groups in total. The van der Waals surface area contributed by atoms with E-state index in [9.17, 15) is 5.11 Å². The van der Waals surface area contributed by atoms with Gasteiger partial charge in [0.05, 0.1) is 17.2 Å². The van der Waals surface area contributed by atoms with Crippen molar-refractivity contribution in [1.82, 2.24) is 9.78 Å². The highest BCUT2D eigenvalue weighted by Crippen LogP contribution is 2.31. The van der Waals surface area contributed by atoms with E-state index in [4.69, 9.17) is 5.26 Å². The minimum atomic E-state index is -0.801. The van der Waals surface area contributed by atoms with Crippen molar-refractivity contribution in [3.63, 3.8) is 0 Å². The summed E-state index contributed by atoms with van der Waals surface area (Å²) in [6.45, 7) is 3.40. The minimum absolute atomic E-state index is 0.659. The van der Waals surface area contributed by atoms with Crippen molar-refractivity contribution in [2.45, 2.75) is 20.0 Å². The van der Waals surface area contributed by atoms with Gasteiger partial charge >= 0.3 is 0 Å². The number of nitrogens with zero attached hydrogens (tertiary/aromatic N) is 3. The highest BCUT2D eigenvalue weighted by atomic mass is 16.3. The Morgan fingerprint density at radius 3 is 2.69 bits per heavy atom. The standard InChI is InChI=1S/C9H13N3O/c1-9(2,6-10)8(13)7-4-5-11-12(7)3/h4-5,8,13H,1-3H3. The lowest BCUT2D eigenvalue weighted by Gasteiger charge is -2.22. The normalized spacial score (nSPS) is 13.8. The van der Waals surface area contributed by atoms with Gasteiger partial charge in [-0.25, -0.2) is 0 Å². The number of aryl methyl sites for hydroxylation is 1. The molecule has 0 aromatic carbocycles. The van der Waals surface area contributed by atoms with Gasteiger partial charge in [0.15, 0.2) is 0 Å². The van der Waals surface area contributed by atoms with Crippen molar-refractivity contribution in [3.05, 3.63) is 18.0 Å². The fourth-order valence-corrected chi connectivity index (χ4v) is 1.08. The van der Waals surface area contributed by atoms with Gasteiger partial charge in [0.25, 0.3) is 0 Å². The van der Waals surface area contributed by atoms with Crippen LogP contribution in [0.5, 0.6) is 0 Å². The molecule has 0 spiro atoms. The summed E-state index contributed by atoms with van der Waals surface area (Å²) >= 11 is 0. The van der Waals surface area contributed by atoms with E-state index >= 15 is 0 Å². The van der Waals surface area contributed by atoms with E-state index in [0.29, 0.717) is 5.69 Å². The van der Waals surface area contributed by atoms with Gasteiger partial charge in [-0.05, 0) is 19.9 Å². The number of hydrogen-bond donors (Lipinski definition) is 1. The molecule has 0 amide bonds. The largest absolute Gasteiger partial charge is 0.385 e. The van der Waals surface area contributed by atoms with Crippen molar-refractivity contribution in [1.29, 1.82) is 5.26 Å². The van der Waals surface area contributed by atoms with Gasteiger partial charge in [-0.3, -0.25) is 4.68 Å². The lowest BCUT2D eigenvalue weighted by atomic mass is 9.86. The van der Waals surface area contributed by atoms with E-state index < -0.39 is 11.5 Å². The number of aromatic nitrogens is 2. The zero-order valence-electron chi connectivity index (χ0n) is 8.02. The first-order chi connectivity index (χ1) is 5.99. The first-order valence-corrected chi connectivity index (χ1v) is 4.06. The number of nitriles is 1. The lowest BCUT2D eigenvalue weighted by Crippen LogP contribution is -2.22. The Labute approximate surface area is 77.4 Å². The quantitative estimate of drug-likeness (QED) is 0.736. The summed E-state index contributed by atoms with van der Waals surface area (Å²) in [5, 5.41) is 22.6. The second-order valence-electron chi connectivity index (χ2n) is 3.62. The molecular weight excluding hydrogens is 166 g/mol. The average Bonchev–Trinajstić information content (AvgIpc) is 2.50. The molecule has 0 saturated carbocycles. The topological polar surface area (TPSA) is 61.8 Å². The van der Waals surface area contributed by atoms with Gasteiger partial charge in [-0.1, -0.05) is 0 Å². The van der Waals surface area contributed by atoms with E-state index in [0.717, 1.165) is 0 Å². The Morgan fingerprint density at radius 2 is 2.31 bits per heavy atom. The average molecular weight is 179 g/mol. The Morgan fingerprint density at radius 1 is 1.69 bits per heavy atom. The molecule has 0 bridgehead atoms. The molecule has 1 heterocycles. The summed E-state index contributed by atoms with van der Waals surface area (Å²) in [5.41, 5.74) is -0.125. The Kier molecular flexibility index (Phi) is 2.39. The first kappa shape index (κ1) is 9.75. The summed E-state index contributed by atoms with van der Waals surface area (Å²) in [5.74, 6) is 0. The first-order valence-electron chi connectivity index (χ1n) is 4.06. The van der Waals surface area contributed by atoms with Crippen LogP contribution >= 0.6 is 0 Å². The van der Waals surface area contributed by atoms with Crippen LogP contribution in [0.25, 0.3) is 0 Å². The van der Waals surface area contributed by atoms with Crippen molar-refractivity contribution in [2.75, 3.05) is 0 Å². The van der Waals surface area contributed by atoms with Gasteiger partial charge in [0.1, 0.15) is 6.10 Å². The van der Waals surface area contributed by atoms with Crippen LogP contribution in [0.15, 0.2) is 12.3 Å². The molecule has 1 unspecified atom stereocenters. The van der Waals surface area contributed by atoms with E-state index in [2.05, 4.69) is 11.2 Å². The molecule has 4 heteroatoms. The molecule has 0 saturated heterocycles. The van der Waals surface area contributed by atoms with Gasteiger partial charge in [0.2, 0.25) is 0 Å². The fourth-order valence-electron chi connectivity index (χ4n) is 1.08. The molecule has 0 aliphatic rings. The van der Waals surface area contributed by atoms with E-state index in [1.807, 2.05) is 0 Å². The van der Waals surface area contributed by atoms with Gasteiger partial charge in [-0.15, -0.1) is 0 Å². The highest BCUT2D eigenvalue weighted by Gasteiger charge is 2.30. The summed E-state index contributed by atoms with van der Waals surface area (Å²) in [4.78, 5) is 0. The molecule has 1 aromatic rings. The summed E-state index contributed by atoms with van der Waals surface area (Å²) < 4.78 is 1.57. The Balaban J connectivity index is 3.00. The fraction of sp³-hybridized carbons (Fsp3) is 0.556. The highest BCUT2D eigenvalue weighted by molar-refractivity contribution is 5.12. The molecule has 1 aromatic heterocycles. The van der Waals surface area contributed by atoms with Crippen molar-refractivity contribution < 1.29 is 5.11 Å². The maximum Gasteiger partial charge on any atom is 0.114 e. The van der Waals surface area contributed by atoms with E-state index in [1.54, 1.807) is 37.8 Å². The van der Waals surface area contributed by atoms with Gasteiger partial charge in [-0.2, -0.15) is 10.4 Å². The SMILES string of the molecule is Cn1nccc1C(O)C(C)(C)C#N. The van der Waals surface area contributed by atoms with Crippen LogP contribution in [0.3, 0.4) is 0 Å². The second kappa shape index (κ2) is 3.19. The van der Waals surface area contributed by atoms with Gasteiger partial charge in [0, 0.05) is 13.2 Å². The molecule has 70 valence electrons. The maximum absolute atomic E-state index is 9.83. The lowest BCUT2D eigenvalue weighted by molar-refractivity contribution is 0.0790. The predicted octanol–water partition coefficient (Wildman–Crippen LogP) is 1.00. The maximum atomic E-state index is 9.83. The van der Waals surface area contributed by atoms with Crippen LogP contribution in [-0.4, -0.2) is 14.9 Å². The molecule has 4 nitrogen and oxygen atoms in total. The molecule has 0 fully saturated rings. The number of aliphatic hydroxyl groups excluding tert-OH is 1. The number of aliphatic hydroxyl groups is 1. The van der Waals surface area contributed by atoms with Crippen molar-refractivity contribution in [2.24, 2.45) is 12.5 Å². The minimum Gasteiger partial charge on any atom is -0.385 e.